The molecule has 0 radical (unpaired) electrons. The molecule has 1 atom stereocenters. The number of rotatable bonds is 6. The first-order valence-electron chi connectivity index (χ1n) is 5.14. The monoisotopic (exact) mass is 241 g/mol. The summed E-state index contributed by atoms with van der Waals surface area (Å²) in [6, 6.07) is 0. The Kier molecular flexibility index (Phi) is 4.50. The lowest BCUT2D eigenvalue weighted by Crippen LogP contribution is -2.17. The van der Waals surface area contributed by atoms with Crippen LogP contribution in [0.3, 0.4) is 0 Å². The van der Waals surface area contributed by atoms with E-state index in [1.165, 1.54) is 13.4 Å². The van der Waals surface area contributed by atoms with Crippen molar-refractivity contribution in [3.8, 4) is 5.75 Å². The molecule has 17 heavy (non-hydrogen) atoms. The van der Waals surface area contributed by atoms with E-state index < -0.39 is 11.9 Å². The van der Waals surface area contributed by atoms with Crippen LogP contribution in [0.4, 0.5) is 5.82 Å². The lowest BCUT2D eigenvalue weighted by molar-refractivity contribution is -0.141. The van der Waals surface area contributed by atoms with E-state index in [0.29, 0.717) is 18.8 Å². The highest BCUT2D eigenvalue weighted by Gasteiger charge is 2.12. The lowest BCUT2D eigenvalue weighted by Gasteiger charge is -2.10. The second-order valence-electron chi connectivity index (χ2n) is 3.57. The quantitative estimate of drug-likeness (QED) is 0.661. The number of nitrogens with zero attached hydrogens (tertiary/aromatic N) is 1. The number of nitrogens with one attached hydrogen (secondary N) is 2. The van der Waals surface area contributed by atoms with Crippen LogP contribution in [0.5, 0.6) is 5.75 Å². The molecule has 1 unspecified atom stereocenters. The van der Waals surface area contributed by atoms with Gasteiger partial charge in [-0.05, 0) is 6.42 Å². The number of anilines is 1. The van der Waals surface area contributed by atoms with Gasteiger partial charge in [-0.1, -0.05) is 6.92 Å². The summed E-state index contributed by atoms with van der Waals surface area (Å²) in [6.45, 7) is 2.02. The molecule has 1 aromatic heterocycles. The zero-order chi connectivity index (χ0) is 12.8. The predicted molar refractivity (Wildman–Crippen MR) is 61.3 cm³/mol. The van der Waals surface area contributed by atoms with E-state index in [0.717, 1.165) is 0 Å². The molecule has 0 saturated carbocycles. The van der Waals surface area contributed by atoms with Crippen molar-refractivity contribution in [1.29, 1.82) is 0 Å². The number of H-pyrrole nitrogens is 1. The molecule has 7 heteroatoms. The van der Waals surface area contributed by atoms with Crippen molar-refractivity contribution in [1.82, 2.24) is 9.97 Å². The SMILES string of the molecule is COc1c(NCCC(C)C(=O)O)nc[nH]c1=O. The number of ether oxygens (including phenoxy) is 1. The minimum absolute atomic E-state index is 0.0930. The molecule has 0 aliphatic carbocycles. The smallest absolute Gasteiger partial charge is 0.306 e. The zero-order valence-electron chi connectivity index (χ0n) is 9.69. The number of aliphatic carboxylic acids is 1. The summed E-state index contributed by atoms with van der Waals surface area (Å²) in [5, 5.41) is 11.6. The van der Waals surface area contributed by atoms with Gasteiger partial charge in [-0.15, -0.1) is 0 Å². The Morgan fingerprint density at radius 3 is 3.00 bits per heavy atom. The Morgan fingerprint density at radius 2 is 2.41 bits per heavy atom. The van der Waals surface area contributed by atoms with Gasteiger partial charge < -0.3 is 20.1 Å². The Hall–Kier alpha value is -2.05. The van der Waals surface area contributed by atoms with Crippen LogP contribution < -0.4 is 15.6 Å². The van der Waals surface area contributed by atoms with Gasteiger partial charge in [0.1, 0.15) is 0 Å². The molecule has 0 bridgehead atoms. The fourth-order valence-corrected chi connectivity index (χ4v) is 1.23. The number of carboxylic acids is 1. The molecular formula is C10H15N3O4. The average Bonchev–Trinajstić information content (AvgIpc) is 2.29. The minimum atomic E-state index is -0.849. The maximum absolute atomic E-state index is 11.3. The third-order valence-corrected chi connectivity index (χ3v) is 2.31. The third-order valence-electron chi connectivity index (χ3n) is 2.31. The lowest BCUT2D eigenvalue weighted by atomic mass is 10.1. The van der Waals surface area contributed by atoms with Crippen LogP contribution in [0.2, 0.25) is 0 Å². The number of hydrogen-bond donors (Lipinski definition) is 3. The van der Waals surface area contributed by atoms with E-state index in [2.05, 4.69) is 15.3 Å². The first-order chi connectivity index (χ1) is 8.06. The Balaban J connectivity index is 2.61. The average molecular weight is 241 g/mol. The zero-order valence-corrected chi connectivity index (χ0v) is 9.69. The van der Waals surface area contributed by atoms with Gasteiger partial charge in [-0.2, -0.15) is 0 Å². The highest BCUT2D eigenvalue weighted by atomic mass is 16.5. The maximum Gasteiger partial charge on any atom is 0.306 e. The topological polar surface area (TPSA) is 104 Å². The summed E-state index contributed by atoms with van der Waals surface area (Å²) >= 11 is 0. The van der Waals surface area contributed by atoms with Crippen molar-refractivity contribution < 1.29 is 14.6 Å². The van der Waals surface area contributed by atoms with Crippen molar-refractivity contribution >= 4 is 11.8 Å². The van der Waals surface area contributed by atoms with E-state index in [1.54, 1.807) is 6.92 Å². The van der Waals surface area contributed by atoms with Crippen molar-refractivity contribution in [2.75, 3.05) is 19.0 Å². The second kappa shape index (κ2) is 5.88. The molecule has 94 valence electrons. The van der Waals surface area contributed by atoms with Gasteiger partial charge in [-0.25, -0.2) is 4.98 Å². The van der Waals surface area contributed by atoms with E-state index in [-0.39, 0.29) is 11.3 Å². The van der Waals surface area contributed by atoms with Crippen LogP contribution in [0.1, 0.15) is 13.3 Å². The van der Waals surface area contributed by atoms with Crippen LogP contribution in [0, 0.1) is 5.92 Å². The second-order valence-corrected chi connectivity index (χ2v) is 3.57. The third kappa shape index (κ3) is 3.47. The highest BCUT2D eigenvalue weighted by Crippen LogP contribution is 2.14. The highest BCUT2D eigenvalue weighted by molar-refractivity contribution is 5.69. The maximum atomic E-state index is 11.3. The van der Waals surface area contributed by atoms with Gasteiger partial charge in [0, 0.05) is 6.54 Å². The van der Waals surface area contributed by atoms with Crippen LogP contribution in [0.25, 0.3) is 0 Å². The van der Waals surface area contributed by atoms with E-state index in [1.807, 2.05) is 0 Å². The number of aromatic nitrogens is 2. The predicted octanol–water partition coefficient (Wildman–Crippen LogP) is 0.301. The molecule has 0 spiro atoms. The first-order valence-corrected chi connectivity index (χ1v) is 5.14. The summed E-state index contributed by atoms with van der Waals surface area (Å²) < 4.78 is 4.90. The largest absolute Gasteiger partial charge is 0.489 e. The summed E-state index contributed by atoms with van der Waals surface area (Å²) in [5.74, 6) is -0.891. The van der Waals surface area contributed by atoms with Crippen molar-refractivity contribution in [3.63, 3.8) is 0 Å². The van der Waals surface area contributed by atoms with E-state index >= 15 is 0 Å². The molecule has 1 rings (SSSR count). The number of carbonyl (C=O) groups is 1. The van der Waals surface area contributed by atoms with Crippen LogP contribution in [0.15, 0.2) is 11.1 Å². The van der Waals surface area contributed by atoms with E-state index in [9.17, 15) is 9.59 Å². The molecule has 0 fully saturated rings. The van der Waals surface area contributed by atoms with Gasteiger partial charge in [0.25, 0.3) is 5.56 Å². The fraction of sp³-hybridized carbons (Fsp3) is 0.500. The van der Waals surface area contributed by atoms with Gasteiger partial charge in [-0.3, -0.25) is 9.59 Å². The number of aromatic amines is 1. The number of hydrogen-bond acceptors (Lipinski definition) is 5. The molecule has 0 saturated heterocycles. The van der Waals surface area contributed by atoms with Gasteiger partial charge in [0.15, 0.2) is 5.82 Å². The van der Waals surface area contributed by atoms with Crippen molar-refractivity contribution in [3.05, 3.63) is 16.7 Å². The number of methoxy groups -OCH3 is 1. The molecule has 0 aromatic carbocycles. The summed E-state index contributed by atoms with van der Waals surface area (Å²) in [7, 11) is 1.37. The molecule has 0 amide bonds. The summed E-state index contributed by atoms with van der Waals surface area (Å²) in [6.07, 6.45) is 1.70. The van der Waals surface area contributed by atoms with Gasteiger partial charge in [0.2, 0.25) is 5.75 Å². The minimum Gasteiger partial charge on any atom is -0.489 e. The van der Waals surface area contributed by atoms with Crippen LogP contribution >= 0.6 is 0 Å². The van der Waals surface area contributed by atoms with Crippen LogP contribution in [-0.2, 0) is 4.79 Å². The van der Waals surface area contributed by atoms with Crippen molar-refractivity contribution in [2.45, 2.75) is 13.3 Å². The summed E-state index contributed by atoms with van der Waals surface area (Å²) in [4.78, 5) is 28.2. The normalized spacial score (nSPS) is 11.9. The molecular weight excluding hydrogens is 226 g/mol. The Morgan fingerprint density at radius 1 is 1.71 bits per heavy atom. The molecule has 0 aliphatic rings. The number of carboxylic acid groups (broad SMARTS) is 1. The van der Waals surface area contributed by atoms with E-state index in [4.69, 9.17) is 9.84 Å². The first kappa shape index (κ1) is 13.0. The van der Waals surface area contributed by atoms with Gasteiger partial charge >= 0.3 is 5.97 Å². The Labute approximate surface area is 97.8 Å². The molecule has 3 N–H and O–H groups in total. The molecule has 7 nitrogen and oxygen atoms in total. The molecule has 1 heterocycles. The fourth-order valence-electron chi connectivity index (χ4n) is 1.23. The summed E-state index contributed by atoms with van der Waals surface area (Å²) in [5.41, 5.74) is -0.378. The van der Waals surface area contributed by atoms with Crippen molar-refractivity contribution in [2.24, 2.45) is 5.92 Å². The Bertz CT molecular complexity index is 443. The molecule has 1 aromatic rings. The van der Waals surface area contributed by atoms with Gasteiger partial charge in [0.05, 0.1) is 19.4 Å². The molecule has 0 aliphatic heterocycles. The van der Waals surface area contributed by atoms with Crippen LogP contribution in [-0.4, -0.2) is 34.7 Å². The standard InChI is InChI=1S/C10H15N3O4/c1-6(10(15)16)3-4-11-8-7(17-2)9(14)13-5-12-8/h5-6H,3-4H2,1-2H3,(H,15,16)(H2,11,12,13,14).